The number of sulfonamides is 1. The maximum absolute atomic E-state index is 11.3. The van der Waals surface area contributed by atoms with Crippen molar-refractivity contribution >= 4 is 21.5 Å². The molecule has 0 radical (unpaired) electrons. The highest BCUT2D eigenvalue weighted by molar-refractivity contribution is 7.88. The van der Waals surface area contributed by atoms with E-state index in [1.165, 1.54) is 6.33 Å². The van der Waals surface area contributed by atoms with Gasteiger partial charge < -0.3 is 10.1 Å². The number of methoxy groups -OCH3 is 1. The highest BCUT2D eigenvalue weighted by atomic mass is 32.2. The Labute approximate surface area is 158 Å². The molecule has 0 bridgehead atoms. The lowest BCUT2D eigenvalue weighted by Gasteiger charge is -2.11. The molecular weight excluding hydrogens is 364 g/mol. The van der Waals surface area contributed by atoms with Crippen molar-refractivity contribution in [1.82, 2.24) is 14.7 Å². The van der Waals surface area contributed by atoms with E-state index in [2.05, 4.69) is 20.0 Å². The number of aromatic nitrogens is 2. The van der Waals surface area contributed by atoms with E-state index in [1.807, 2.05) is 54.6 Å². The number of hydrogen-bond donors (Lipinski definition) is 2. The second-order valence-electron chi connectivity index (χ2n) is 5.91. The molecule has 0 spiro atoms. The van der Waals surface area contributed by atoms with Crippen LogP contribution in [-0.2, 0) is 16.6 Å². The van der Waals surface area contributed by atoms with Gasteiger partial charge in [-0.2, -0.15) is 0 Å². The summed E-state index contributed by atoms with van der Waals surface area (Å²) in [5.41, 5.74) is 3.24. The summed E-state index contributed by atoms with van der Waals surface area (Å²) in [6.45, 7) is 0.227. The molecule has 140 valence electrons. The quantitative estimate of drug-likeness (QED) is 0.651. The molecule has 0 atom stereocenters. The lowest BCUT2D eigenvalue weighted by atomic mass is 10.1. The molecule has 2 N–H and O–H groups in total. The number of rotatable bonds is 7. The van der Waals surface area contributed by atoms with Crippen LogP contribution in [0.5, 0.6) is 5.75 Å². The number of benzene rings is 2. The van der Waals surface area contributed by atoms with E-state index in [-0.39, 0.29) is 6.54 Å². The van der Waals surface area contributed by atoms with Gasteiger partial charge in [-0.15, -0.1) is 0 Å². The van der Waals surface area contributed by atoms with E-state index in [0.29, 0.717) is 5.82 Å². The minimum absolute atomic E-state index is 0.227. The molecule has 0 saturated heterocycles. The molecule has 0 unspecified atom stereocenters. The van der Waals surface area contributed by atoms with Crippen molar-refractivity contribution in [2.24, 2.45) is 0 Å². The minimum atomic E-state index is -3.24. The van der Waals surface area contributed by atoms with Gasteiger partial charge in [-0.1, -0.05) is 24.3 Å². The first kappa shape index (κ1) is 18.8. The van der Waals surface area contributed by atoms with Crippen LogP contribution in [0, 0.1) is 0 Å². The smallest absolute Gasteiger partial charge is 0.209 e. The van der Waals surface area contributed by atoms with E-state index in [9.17, 15) is 8.42 Å². The Morgan fingerprint density at radius 3 is 2.63 bits per heavy atom. The molecule has 0 fully saturated rings. The molecule has 0 aliphatic heterocycles. The summed E-state index contributed by atoms with van der Waals surface area (Å²) in [6, 6.07) is 16.9. The Morgan fingerprint density at radius 1 is 1.04 bits per heavy atom. The number of hydrogen-bond acceptors (Lipinski definition) is 6. The minimum Gasteiger partial charge on any atom is -0.496 e. The molecule has 0 aliphatic carbocycles. The van der Waals surface area contributed by atoms with Crippen molar-refractivity contribution in [2.75, 3.05) is 18.7 Å². The first-order valence-electron chi connectivity index (χ1n) is 8.20. The van der Waals surface area contributed by atoms with Crippen LogP contribution in [0.25, 0.3) is 11.3 Å². The average Bonchev–Trinajstić information content (AvgIpc) is 2.66. The van der Waals surface area contributed by atoms with E-state index in [0.717, 1.165) is 34.5 Å². The van der Waals surface area contributed by atoms with Gasteiger partial charge in [0.15, 0.2) is 0 Å². The van der Waals surface area contributed by atoms with Crippen LogP contribution in [0.2, 0.25) is 0 Å². The normalized spacial score (nSPS) is 11.2. The van der Waals surface area contributed by atoms with Gasteiger partial charge in [-0.05, 0) is 29.8 Å². The van der Waals surface area contributed by atoms with Crippen LogP contribution in [-0.4, -0.2) is 31.8 Å². The van der Waals surface area contributed by atoms with E-state index >= 15 is 0 Å². The Balaban J connectivity index is 1.81. The molecule has 8 heteroatoms. The average molecular weight is 384 g/mol. The number of anilines is 2. The van der Waals surface area contributed by atoms with Crippen molar-refractivity contribution in [3.63, 3.8) is 0 Å². The Morgan fingerprint density at radius 2 is 1.85 bits per heavy atom. The zero-order valence-corrected chi connectivity index (χ0v) is 15.8. The second kappa shape index (κ2) is 8.15. The zero-order chi connectivity index (χ0) is 19.3. The van der Waals surface area contributed by atoms with Crippen LogP contribution in [0.15, 0.2) is 60.9 Å². The third-order valence-electron chi connectivity index (χ3n) is 3.79. The fourth-order valence-corrected chi connectivity index (χ4v) is 2.98. The monoisotopic (exact) mass is 384 g/mol. The molecule has 0 amide bonds. The van der Waals surface area contributed by atoms with E-state index in [4.69, 9.17) is 4.74 Å². The van der Waals surface area contributed by atoms with Gasteiger partial charge in [0.05, 0.1) is 19.1 Å². The SMILES string of the molecule is COc1ccccc1-c1cc(Nc2cccc(CNS(C)(=O)=O)c2)ncn1. The number of nitrogens with one attached hydrogen (secondary N) is 2. The van der Waals surface area contributed by atoms with Gasteiger partial charge in [-0.25, -0.2) is 23.1 Å². The molecule has 1 heterocycles. The predicted molar refractivity (Wildman–Crippen MR) is 105 cm³/mol. The van der Waals surface area contributed by atoms with Crippen molar-refractivity contribution in [3.8, 4) is 17.0 Å². The summed E-state index contributed by atoms with van der Waals surface area (Å²) in [5.74, 6) is 1.36. The lowest BCUT2D eigenvalue weighted by Crippen LogP contribution is -2.21. The summed E-state index contributed by atoms with van der Waals surface area (Å²) in [6.07, 6.45) is 2.62. The molecule has 0 aliphatic rings. The first-order valence-corrected chi connectivity index (χ1v) is 10.1. The van der Waals surface area contributed by atoms with Crippen LogP contribution in [0.1, 0.15) is 5.56 Å². The molecule has 0 saturated carbocycles. The second-order valence-corrected chi connectivity index (χ2v) is 7.74. The summed E-state index contributed by atoms with van der Waals surface area (Å²) in [5, 5.41) is 3.22. The maximum Gasteiger partial charge on any atom is 0.209 e. The van der Waals surface area contributed by atoms with Crippen molar-refractivity contribution < 1.29 is 13.2 Å². The van der Waals surface area contributed by atoms with Gasteiger partial charge in [-0.3, -0.25) is 0 Å². The molecule has 27 heavy (non-hydrogen) atoms. The van der Waals surface area contributed by atoms with Gasteiger partial charge in [0.25, 0.3) is 0 Å². The largest absolute Gasteiger partial charge is 0.496 e. The molecule has 2 aromatic carbocycles. The third kappa shape index (κ3) is 5.25. The molecular formula is C19H20N4O3S. The number of ether oxygens (including phenoxy) is 1. The van der Waals surface area contributed by atoms with E-state index < -0.39 is 10.0 Å². The molecule has 1 aromatic heterocycles. The fraction of sp³-hybridized carbons (Fsp3) is 0.158. The Bertz CT molecular complexity index is 1040. The van der Waals surface area contributed by atoms with Crippen molar-refractivity contribution in [2.45, 2.75) is 6.54 Å². The summed E-state index contributed by atoms with van der Waals surface area (Å²) < 4.78 is 30.4. The topological polar surface area (TPSA) is 93.2 Å². The van der Waals surface area contributed by atoms with Crippen LogP contribution < -0.4 is 14.8 Å². The molecule has 7 nitrogen and oxygen atoms in total. The third-order valence-corrected chi connectivity index (χ3v) is 4.46. The predicted octanol–water partition coefficient (Wildman–Crippen LogP) is 2.95. The summed E-state index contributed by atoms with van der Waals surface area (Å²) >= 11 is 0. The molecule has 3 rings (SSSR count). The van der Waals surface area contributed by atoms with Crippen LogP contribution >= 0.6 is 0 Å². The van der Waals surface area contributed by atoms with Gasteiger partial charge >= 0.3 is 0 Å². The van der Waals surface area contributed by atoms with Crippen molar-refractivity contribution in [1.29, 1.82) is 0 Å². The van der Waals surface area contributed by atoms with Gasteiger partial charge in [0, 0.05) is 23.9 Å². The standard InChI is InChI=1S/C19H20N4O3S/c1-26-18-9-4-3-8-16(18)17-11-19(21-13-20-17)23-15-7-5-6-14(10-15)12-22-27(2,24)25/h3-11,13,22H,12H2,1-2H3,(H,20,21,23). The van der Waals surface area contributed by atoms with Crippen LogP contribution in [0.3, 0.4) is 0 Å². The van der Waals surface area contributed by atoms with Crippen molar-refractivity contribution in [3.05, 3.63) is 66.5 Å². The number of para-hydroxylation sites is 1. The maximum atomic E-state index is 11.3. The lowest BCUT2D eigenvalue weighted by molar-refractivity contribution is 0.416. The highest BCUT2D eigenvalue weighted by Gasteiger charge is 2.08. The summed E-state index contributed by atoms with van der Waals surface area (Å²) in [7, 11) is -1.62. The number of nitrogens with zero attached hydrogens (tertiary/aromatic N) is 2. The van der Waals surface area contributed by atoms with E-state index in [1.54, 1.807) is 7.11 Å². The van der Waals surface area contributed by atoms with Gasteiger partial charge in [0.2, 0.25) is 10.0 Å². The van der Waals surface area contributed by atoms with Crippen LogP contribution in [0.4, 0.5) is 11.5 Å². The fourth-order valence-electron chi connectivity index (χ4n) is 2.55. The first-order chi connectivity index (χ1) is 12.9. The molecule has 3 aromatic rings. The van der Waals surface area contributed by atoms with Gasteiger partial charge in [0.1, 0.15) is 17.9 Å². The Hall–Kier alpha value is -2.97. The summed E-state index contributed by atoms with van der Waals surface area (Å²) in [4.78, 5) is 8.58. The zero-order valence-electron chi connectivity index (χ0n) is 15.0. The highest BCUT2D eigenvalue weighted by Crippen LogP contribution is 2.29. The Kier molecular flexibility index (Phi) is 5.68.